The molecule has 6 heteroatoms. The minimum atomic E-state index is -0.982. The van der Waals surface area contributed by atoms with E-state index in [2.05, 4.69) is 71.0 Å². The number of hydrogen-bond acceptors (Lipinski definition) is 4. The van der Waals surface area contributed by atoms with Gasteiger partial charge in [-0.25, -0.2) is 9.59 Å². The molecule has 0 aromatic heterocycles. The Hall–Kier alpha value is -9.69. The molecule has 7 aromatic rings. The van der Waals surface area contributed by atoms with E-state index < -0.39 is 11.9 Å². The van der Waals surface area contributed by atoms with E-state index in [1.807, 2.05) is 91.0 Å². The molecule has 0 atom stereocenters. The van der Waals surface area contributed by atoms with Crippen LogP contribution in [0.1, 0.15) is 87.5 Å². The van der Waals surface area contributed by atoms with E-state index in [0.717, 1.165) is 55.6 Å². The summed E-state index contributed by atoms with van der Waals surface area (Å²) in [4.78, 5) is 32.8. The second-order valence-electron chi connectivity index (χ2n) is 13.5. The number of aromatic carboxylic acids is 2. The molecule has 7 rings (SSSR count). The Morgan fingerprint density at radius 1 is 0.317 bits per heavy atom. The average molecular weight is 811 g/mol. The molecule has 0 aliphatic heterocycles. The van der Waals surface area contributed by atoms with E-state index in [1.165, 1.54) is 24.3 Å². The van der Waals surface area contributed by atoms with Crippen LogP contribution < -0.4 is 4.74 Å². The SMILES string of the molecule is O=COc1ccc(C#Cc2ccc(C#Cc3cc(C#Cc4ccc(C#Cc5ccc(C(=O)O)cc5)cc4)cc(C#Cc4ccc(C#Cc5ccc(C(=O)O)cc5)cc4)c3)cc2)cc1. The van der Waals surface area contributed by atoms with Crippen molar-refractivity contribution >= 4 is 18.4 Å². The Morgan fingerprint density at radius 3 is 0.714 bits per heavy atom. The number of hydrogen-bond donors (Lipinski definition) is 2. The highest BCUT2D eigenvalue weighted by molar-refractivity contribution is 5.88. The summed E-state index contributed by atoms with van der Waals surface area (Å²) in [6.07, 6.45) is 0. The van der Waals surface area contributed by atoms with Gasteiger partial charge in [-0.1, -0.05) is 71.0 Å². The molecular formula is C57H30O6. The first-order valence-corrected chi connectivity index (χ1v) is 19.2. The summed E-state index contributed by atoms with van der Waals surface area (Å²) in [6, 6.07) is 48.3. The Morgan fingerprint density at radius 2 is 0.508 bits per heavy atom. The second kappa shape index (κ2) is 20.3. The van der Waals surface area contributed by atoms with Gasteiger partial charge in [0.25, 0.3) is 6.47 Å². The lowest BCUT2D eigenvalue weighted by Crippen LogP contribution is -1.94. The maximum Gasteiger partial charge on any atom is 0.335 e. The first-order valence-electron chi connectivity index (χ1n) is 19.2. The van der Waals surface area contributed by atoms with Gasteiger partial charge >= 0.3 is 11.9 Å². The zero-order chi connectivity index (χ0) is 43.8. The van der Waals surface area contributed by atoms with Crippen molar-refractivity contribution in [1.82, 2.24) is 0 Å². The van der Waals surface area contributed by atoms with E-state index >= 15 is 0 Å². The molecule has 0 aliphatic rings. The van der Waals surface area contributed by atoms with Crippen molar-refractivity contribution in [3.63, 3.8) is 0 Å². The third-order valence-corrected chi connectivity index (χ3v) is 9.00. The molecule has 0 spiro atoms. The van der Waals surface area contributed by atoms with Crippen LogP contribution >= 0.6 is 0 Å². The first-order chi connectivity index (χ1) is 30.7. The van der Waals surface area contributed by atoms with Crippen LogP contribution in [-0.2, 0) is 4.79 Å². The van der Waals surface area contributed by atoms with Crippen LogP contribution in [0.5, 0.6) is 5.75 Å². The molecule has 63 heavy (non-hydrogen) atoms. The molecule has 2 N–H and O–H groups in total. The van der Waals surface area contributed by atoms with Crippen molar-refractivity contribution in [2.75, 3.05) is 0 Å². The van der Waals surface area contributed by atoms with Crippen LogP contribution in [0.25, 0.3) is 0 Å². The molecule has 0 amide bonds. The van der Waals surface area contributed by atoms with Gasteiger partial charge in [-0.3, -0.25) is 4.79 Å². The third-order valence-electron chi connectivity index (χ3n) is 9.00. The van der Waals surface area contributed by atoms with E-state index in [4.69, 9.17) is 14.9 Å². The minimum Gasteiger partial charge on any atom is -0.478 e. The maximum atomic E-state index is 11.1. The van der Waals surface area contributed by atoms with E-state index in [1.54, 1.807) is 48.5 Å². The Labute approximate surface area is 364 Å². The summed E-state index contributed by atoms with van der Waals surface area (Å²) < 4.78 is 4.84. The van der Waals surface area contributed by atoms with Crippen LogP contribution in [0.4, 0.5) is 0 Å². The number of rotatable bonds is 4. The maximum absolute atomic E-state index is 11.1. The molecule has 0 unspecified atom stereocenters. The predicted molar refractivity (Wildman–Crippen MR) is 242 cm³/mol. The van der Waals surface area contributed by atoms with Crippen LogP contribution in [0.15, 0.2) is 164 Å². The fourth-order valence-corrected chi connectivity index (χ4v) is 5.69. The summed E-state index contributed by atoms with van der Waals surface area (Å²) >= 11 is 0. The van der Waals surface area contributed by atoms with Crippen molar-refractivity contribution in [2.45, 2.75) is 0 Å². The number of carbonyl (C=O) groups excluding carboxylic acids is 1. The first kappa shape index (κ1) is 41.5. The lowest BCUT2D eigenvalue weighted by Gasteiger charge is -1.99. The summed E-state index contributed by atoms with van der Waals surface area (Å²) in [5.41, 5.74) is 9.64. The van der Waals surface area contributed by atoms with Crippen molar-refractivity contribution < 1.29 is 29.3 Å². The largest absolute Gasteiger partial charge is 0.478 e. The fraction of sp³-hybridized carbons (Fsp3) is 0. The van der Waals surface area contributed by atoms with Gasteiger partial charge in [0.2, 0.25) is 0 Å². The molecule has 0 fully saturated rings. The van der Waals surface area contributed by atoms with Crippen LogP contribution in [0.2, 0.25) is 0 Å². The van der Waals surface area contributed by atoms with Crippen molar-refractivity contribution in [3.05, 3.63) is 242 Å². The normalized spacial score (nSPS) is 9.46. The summed E-state index contributed by atoms with van der Waals surface area (Å²) in [6.45, 7) is 0.386. The van der Waals surface area contributed by atoms with Crippen LogP contribution in [-0.4, -0.2) is 28.6 Å². The average Bonchev–Trinajstić information content (AvgIpc) is 3.32. The van der Waals surface area contributed by atoms with E-state index in [9.17, 15) is 14.4 Å². The zero-order valence-electron chi connectivity index (χ0n) is 33.2. The van der Waals surface area contributed by atoms with Gasteiger partial charge in [0, 0.05) is 66.8 Å². The molecule has 6 nitrogen and oxygen atoms in total. The van der Waals surface area contributed by atoms with Gasteiger partial charge in [0.05, 0.1) is 11.1 Å². The molecule has 0 radical (unpaired) electrons. The predicted octanol–water partition coefficient (Wildman–Crippen LogP) is 9.02. The van der Waals surface area contributed by atoms with E-state index in [-0.39, 0.29) is 11.1 Å². The highest BCUT2D eigenvalue weighted by Gasteiger charge is 2.02. The van der Waals surface area contributed by atoms with Gasteiger partial charge < -0.3 is 14.9 Å². The smallest absolute Gasteiger partial charge is 0.335 e. The van der Waals surface area contributed by atoms with Crippen LogP contribution in [0, 0.1) is 71.0 Å². The highest BCUT2D eigenvalue weighted by Crippen LogP contribution is 2.14. The standard InChI is InChI=1S/C57H30O6/c58-40-63-55-35-29-49(30-36-55)18-15-43-5-11-46(12-6-43)21-24-52-38-50(22-19-44-7-1-41(2-8-44)13-16-47-25-31-53(32-26-47)56(59)60)37-51(39-52)23-20-45-9-3-42(4-10-45)14-17-48-27-33-54(34-28-48)57(61)62/h1-12,25-40H,(H,59,60)(H,61,62). The summed E-state index contributed by atoms with van der Waals surface area (Å²) in [5.74, 6) is 36.6. The van der Waals surface area contributed by atoms with Crippen molar-refractivity contribution in [2.24, 2.45) is 0 Å². The van der Waals surface area contributed by atoms with Crippen molar-refractivity contribution in [3.8, 4) is 76.8 Å². The van der Waals surface area contributed by atoms with Gasteiger partial charge in [0.15, 0.2) is 0 Å². The summed E-state index contributed by atoms with van der Waals surface area (Å²) in [5, 5.41) is 18.3. The molecule has 294 valence electrons. The molecule has 0 heterocycles. The zero-order valence-corrected chi connectivity index (χ0v) is 33.2. The minimum absolute atomic E-state index is 0.209. The molecule has 0 aliphatic carbocycles. The van der Waals surface area contributed by atoms with E-state index in [0.29, 0.717) is 23.3 Å². The van der Waals surface area contributed by atoms with Crippen molar-refractivity contribution in [1.29, 1.82) is 0 Å². The molecule has 7 aromatic carbocycles. The molecule has 0 saturated heterocycles. The highest BCUT2D eigenvalue weighted by atomic mass is 16.5. The number of ether oxygens (including phenoxy) is 1. The lowest BCUT2D eigenvalue weighted by atomic mass is 10.0. The monoisotopic (exact) mass is 810 g/mol. The Bertz CT molecular complexity index is 3080. The molecular weight excluding hydrogens is 781 g/mol. The summed E-state index contributed by atoms with van der Waals surface area (Å²) in [7, 11) is 0. The number of carboxylic acids is 2. The second-order valence-corrected chi connectivity index (χ2v) is 13.5. The third kappa shape index (κ3) is 12.4. The van der Waals surface area contributed by atoms with Gasteiger partial charge in [-0.05, 0) is 164 Å². The van der Waals surface area contributed by atoms with Gasteiger partial charge in [-0.2, -0.15) is 0 Å². The molecule has 0 bridgehead atoms. The number of carbonyl (C=O) groups is 3. The fourth-order valence-electron chi connectivity index (χ4n) is 5.69. The quantitative estimate of drug-likeness (QED) is 0.136. The van der Waals surface area contributed by atoms with Gasteiger partial charge in [0.1, 0.15) is 5.75 Å². The Balaban J connectivity index is 1.11. The van der Waals surface area contributed by atoms with Gasteiger partial charge in [-0.15, -0.1) is 0 Å². The van der Waals surface area contributed by atoms with Crippen LogP contribution in [0.3, 0.4) is 0 Å². The topological polar surface area (TPSA) is 101 Å². The molecule has 0 saturated carbocycles. The Kier molecular flexibility index (Phi) is 13.4. The number of carboxylic acid groups (broad SMARTS) is 2. The lowest BCUT2D eigenvalue weighted by molar-refractivity contribution is -0.120. The number of benzene rings is 7.